The summed E-state index contributed by atoms with van der Waals surface area (Å²) in [6.07, 6.45) is 4.45. The zero-order chi connectivity index (χ0) is 12.1. The molecule has 17 heavy (non-hydrogen) atoms. The van der Waals surface area contributed by atoms with Crippen molar-refractivity contribution >= 4 is 11.5 Å². The van der Waals surface area contributed by atoms with Crippen LogP contribution in [0.3, 0.4) is 0 Å². The van der Waals surface area contributed by atoms with Crippen molar-refractivity contribution in [3.8, 4) is 0 Å². The molecule has 1 aromatic carbocycles. The Morgan fingerprint density at radius 3 is 2.59 bits per heavy atom. The molecule has 86 valence electrons. The molecule has 3 nitrogen and oxygen atoms in total. The summed E-state index contributed by atoms with van der Waals surface area (Å²) in [4.78, 5) is 8.37. The van der Waals surface area contributed by atoms with Gasteiger partial charge in [0.15, 0.2) is 0 Å². The Hall–Kier alpha value is -2.16. The topological polar surface area (TPSA) is 51.3 Å². The van der Waals surface area contributed by atoms with E-state index in [0.29, 0.717) is 5.84 Å². The maximum absolute atomic E-state index is 5.91. The van der Waals surface area contributed by atoms with Crippen molar-refractivity contribution in [1.29, 1.82) is 0 Å². The van der Waals surface area contributed by atoms with E-state index in [2.05, 4.69) is 29.0 Å². The van der Waals surface area contributed by atoms with E-state index in [4.69, 9.17) is 5.73 Å². The molecule has 0 bridgehead atoms. The van der Waals surface area contributed by atoms with Gasteiger partial charge < -0.3 is 5.73 Å². The molecule has 0 aliphatic carbocycles. The third kappa shape index (κ3) is 2.91. The van der Waals surface area contributed by atoms with E-state index in [9.17, 15) is 0 Å². The second kappa shape index (κ2) is 5.25. The van der Waals surface area contributed by atoms with Gasteiger partial charge in [0.1, 0.15) is 5.84 Å². The summed E-state index contributed by atoms with van der Waals surface area (Å²) in [5.41, 5.74) is 8.91. The summed E-state index contributed by atoms with van der Waals surface area (Å²) in [5.74, 6) is 0.488. The van der Waals surface area contributed by atoms with Crippen LogP contribution in [0.4, 0.5) is 5.69 Å². The van der Waals surface area contributed by atoms with Crippen LogP contribution in [0.1, 0.15) is 18.1 Å². The fraction of sp³-hybridized carbons (Fsp3) is 0.143. The van der Waals surface area contributed by atoms with Gasteiger partial charge in [-0.15, -0.1) is 0 Å². The first kappa shape index (κ1) is 11.3. The number of amidine groups is 1. The number of nitrogens with zero attached hydrogens (tertiary/aromatic N) is 2. The third-order valence-corrected chi connectivity index (χ3v) is 2.55. The Morgan fingerprint density at radius 2 is 2.00 bits per heavy atom. The summed E-state index contributed by atoms with van der Waals surface area (Å²) >= 11 is 0. The van der Waals surface area contributed by atoms with Crippen LogP contribution in [0.25, 0.3) is 0 Å². The van der Waals surface area contributed by atoms with Gasteiger partial charge in [-0.05, 0) is 36.2 Å². The Bertz CT molecular complexity index is 501. The van der Waals surface area contributed by atoms with Crippen LogP contribution < -0.4 is 5.73 Å². The quantitative estimate of drug-likeness (QED) is 0.645. The molecule has 0 saturated heterocycles. The maximum atomic E-state index is 5.91. The fourth-order valence-corrected chi connectivity index (χ4v) is 1.52. The number of hydrogen-bond donors (Lipinski definition) is 1. The molecule has 0 fully saturated rings. The number of hydrogen-bond acceptors (Lipinski definition) is 2. The Balaban J connectivity index is 2.23. The lowest BCUT2D eigenvalue weighted by Gasteiger charge is -2.01. The largest absolute Gasteiger partial charge is 0.383 e. The Labute approximate surface area is 101 Å². The zero-order valence-electron chi connectivity index (χ0n) is 9.80. The summed E-state index contributed by atoms with van der Waals surface area (Å²) in [6.45, 7) is 2.13. The normalized spacial score (nSPS) is 11.5. The van der Waals surface area contributed by atoms with E-state index < -0.39 is 0 Å². The van der Waals surface area contributed by atoms with E-state index in [-0.39, 0.29) is 0 Å². The third-order valence-electron chi connectivity index (χ3n) is 2.55. The zero-order valence-corrected chi connectivity index (χ0v) is 9.80. The van der Waals surface area contributed by atoms with Crippen molar-refractivity contribution in [2.24, 2.45) is 10.7 Å². The predicted molar refractivity (Wildman–Crippen MR) is 70.4 cm³/mol. The molecule has 0 spiro atoms. The lowest BCUT2D eigenvalue weighted by molar-refractivity contribution is 1.14. The molecular formula is C14H15N3. The van der Waals surface area contributed by atoms with Crippen LogP contribution >= 0.6 is 0 Å². The lowest BCUT2D eigenvalue weighted by Crippen LogP contribution is -2.12. The molecular weight excluding hydrogens is 210 g/mol. The average Bonchev–Trinajstić information content (AvgIpc) is 2.40. The van der Waals surface area contributed by atoms with Crippen LogP contribution in [0, 0.1) is 0 Å². The van der Waals surface area contributed by atoms with Gasteiger partial charge in [0.05, 0.1) is 5.69 Å². The highest BCUT2D eigenvalue weighted by molar-refractivity contribution is 5.98. The summed E-state index contributed by atoms with van der Waals surface area (Å²) < 4.78 is 0. The molecule has 0 unspecified atom stereocenters. The van der Waals surface area contributed by atoms with Gasteiger partial charge in [0.2, 0.25) is 0 Å². The van der Waals surface area contributed by atoms with Crippen LogP contribution in [-0.2, 0) is 6.42 Å². The summed E-state index contributed by atoms with van der Waals surface area (Å²) in [6, 6.07) is 11.8. The molecule has 0 radical (unpaired) electrons. The molecule has 0 aliphatic heterocycles. The van der Waals surface area contributed by atoms with Gasteiger partial charge in [-0.1, -0.05) is 19.1 Å². The number of rotatable bonds is 3. The van der Waals surface area contributed by atoms with Gasteiger partial charge in [-0.3, -0.25) is 4.98 Å². The molecule has 2 rings (SSSR count). The van der Waals surface area contributed by atoms with Crippen molar-refractivity contribution in [2.45, 2.75) is 13.3 Å². The minimum absolute atomic E-state index is 0.488. The first-order chi connectivity index (χ1) is 8.29. The number of aromatic nitrogens is 1. The van der Waals surface area contributed by atoms with E-state index >= 15 is 0 Å². The van der Waals surface area contributed by atoms with E-state index in [1.54, 1.807) is 12.4 Å². The highest BCUT2D eigenvalue weighted by Gasteiger charge is 1.98. The van der Waals surface area contributed by atoms with E-state index in [0.717, 1.165) is 17.7 Å². The van der Waals surface area contributed by atoms with Gasteiger partial charge in [0.25, 0.3) is 0 Å². The SMILES string of the molecule is CCc1ccc(N=C(N)c2cccnc2)cc1. The van der Waals surface area contributed by atoms with Gasteiger partial charge in [0, 0.05) is 18.0 Å². The first-order valence-corrected chi connectivity index (χ1v) is 5.63. The number of pyridine rings is 1. The smallest absolute Gasteiger partial charge is 0.132 e. The Kier molecular flexibility index (Phi) is 3.50. The number of aryl methyl sites for hydroxylation is 1. The molecule has 3 heteroatoms. The van der Waals surface area contributed by atoms with Crippen LogP contribution in [-0.4, -0.2) is 10.8 Å². The van der Waals surface area contributed by atoms with Crippen LogP contribution in [0.15, 0.2) is 53.8 Å². The number of aliphatic imine (C=N–C) groups is 1. The Morgan fingerprint density at radius 1 is 1.24 bits per heavy atom. The molecule has 1 heterocycles. The number of nitrogens with two attached hydrogens (primary N) is 1. The van der Waals surface area contributed by atoms with Crippen molar-refractivity contribution in [1.82, 2.24) is 4.98 Å². The first-order valence-electron chi connectivity index (χ1n) is 5.63. The predicted octanol–water partition coefficient (Wildman–Crippen LogP) is 2.68. The van der Waals surface area contributed by atoms with E-state index in [1.165, 1.54) is 5.56 Å². The van der Waals surface area contributed by atoms with Gasteiger partial charge >= 0.3 is 0 Å². The minimum Gasteiger partial charge on any atom is -0.383 e. The average molecular weight is 225 g/mol. The second-order valence-corrected chi connectivity index (χ2v) is 3.76. The molecule has 0 amide bonds. The standard InChI is InChI=1S/C14H15N3/c1-2-11-5-7-13(8-6-11)17-14(15)12-4-3-9-16-10-12/h3-10H,2H2,1H3,(H2,15,17). The molecule has 0 saturated carbocycles. The van der Waals surface area contributed by atoms with Gasteiger partial charge in [-0.25, -0.2) is 4.99 Å². The van der Waals surface area contributed by atoms with Crippen molar-refractivity contribution in [3.05, 3.63) is 59.9 Å². The lowest BCUT2D eigenvalue weighted by atomic mass is 10.1. The molecule has 1 aromatic heterocycles. The van der Waals surface area contributed by atoms with Crippen LogP contribution in [0.2, 0.25) is 0 Å². The maximum Gasteiger partial charge on any atom is 0.132 e. The minimum atomic E-state index is 0.488. The second-order valence-electron chi connectivity index (χ2n) is 3.76. The van der Waals surface area contributed by atoms with Crippen LogP contribution in [0.5, 0.6) is 0 Å². The van der Waals surface area contributed by atoms with E-state index in [1.807, 2.05) is 24.3 Å². The molecule has 2 N–H and O–H groups in total. The fourth-order valence-electron chi connectivity index (χ4n) is 1.52. The molecule has 2 aromatic rings. The van der Waals surface area contributed by atoms with Crippen molar-refractivity contribution < 1.29 is 0 Å². The van der Waals surface area contributed by atoms with Crippen molar-refractivity contribution in [3.63, 3.8) is 0 Å². The number of benzene rings is 1. The molecule has 0 aliphatic rings. The summed E-state index contributed by atoms with van der Waals surface area (Å²) in [7, 11) is 0. The molecule has 0 atom stereocenters. The highest BCUT2D eigenvalue weighted by Crippen LogP contribution is 2.14. The van der Waals surface area contributed by atoms with Gasteiger partial charge in [-0.2, -0.15) is 0 Å². The van der Waals surface area contributed by atoms with Crippen molar-refractivity contribution in [2.75, 3.05) is 0 Å². The highest BCUT2D eigenvalue weighted by atomic mass is 14.9. The summed E-state index contributed by atoms with van der Waals surface area (Å²) in [5, 5.41) is 0. The monoisotopic (exact) mass is 225 g/mol.